The molecule has 7 nitrogen and oxygen atoms in total. The van der Waals surface area contributed by atoms with Gasteiger partial charge in [-0.15, -0.1) is 10.2 Å². The average Bonchev–Trinajstić information content (AvgIpc) is 3.26. The quantitative estimate of drug-likeness (QED) is 0.664. The van der Waals surface area contributed by atoms with Crippen molar-refractivity contribution in [2.24, 2.45) is 5.73 Å². The van der Waals surface area contributed by atoms with E-state index in [1.807, 2.05) is 17.6 Å². The van der Waals surface area contributed by atoms with Crippen molar-refractivity contribution >= 4 is 29.3 Å². The highest BCUT2D eigenvalue weighted by atomic mass is 32.2. The highest BCUT2D eigenvalue weighted by Crippen LogP contribution is 2.40. The van der Waals surface area contributed by atoms with Crippen LogP contribution in [-0.4, -0.2) is 31.8 Å². The summed E-state index contributed by atoms with van der Waals surface area (Å²) in [5.41, 5.74) is 8.87. The van der Waals surface area contributed by atoms with Gasteiger partial charge in [-0.2, -0.15) is 0 Å². The Morgan fingerprint density at radius 2 is 2.07 bits per heavy atom. The molecule has 0 saturated heterocycles. The number of carbonyl (C=O) groups is 2. The normalized spacial score (nSPS) is 16.6. The van der Waals surface area contributed by atoms with Crippen LogP contribution in [0.3, 0.4) is 0 Å². The van der Waals surface area contributed by atoms with Crippen molar-refractivity contribution in [1.29, 1.82) is 0 Å². The maximum Gasteiger partial charge on any atom is 0.237 e. The number of aromatic nitrogens is 3. The van der Waals surface area contributed by atoms with Crippen LogP contribution < -0.4 is 11.1 Å². The molecule has 4 rings (SSSR count). The van der Waals surface area contributed by atoms with Crippen LogP contribution in [0, 0.1) is 0 Å². The van der Waals surface area contributed by atoms with Gasteiger partial charge in [-0.25, -0.2) is 0 Å². The van der Waals surface area contributed by atoms with Gasteiger partial charge in [0.15, 0.2) is 5.16 Å². The smallest absolute Gasteiger partial charge is 0.237 e. The van der Waals surface area contributed by atoms with Gasteiger partial charge in [0.2, 0.25) is 11.8 Å². The lowest BCUT2D eigenvalue weighted by Gasteiger charge is -2.14. The molecule has 1 fully saturated rings. The Kier molecular flexibility index (Phi) is 5.39. The topological polar surface area (TPSA) is 103 Å². The van der Waals surface area contributed by atoms with Gasteiger partial charge in [-0.1, -0.05) is 17.8 Å². The summed E-state index contributed by atoms with van der Waals surface area (Å²) < 4.78 is 1.95. The summed E-state index contributed by atoms with van der Waals surface area (Å²) in [6.45, 7) is 2.31. The van der Waals surface area contributed by atoms with Crippen molar-refractivity contribution in [2.75, 3.05) is 5.32 Å². The maximum atomic E-state index is 12.7. The number of thioether (sulfide) groups is 1. The molecule has 2 amide bonds. The molecule has 0 aliphatic heterocycles. The molecule has 0 bridgehead atoms. The predicted octanol–water partition coefficient (Wildman–Crippen LogP) is 2.64. The number of carbonyl (C=O) groups excluding carboxylic acids is 2. The van der Waals surface area contributed by atoms with Crippen LogP contribution in [-0.2, 0) is 29.0 Å². The number of hydrogen-bond acceptors (Lipinski definition) is 5. The lowest BCUT2D eigenvalue weighted by atomic mass is 10.1. The molecule has 1 atom stereocenters. The molecule has 1 unspecified atom stereocenters. The second-order valence-corrected chi connectivity index (χ2v) is 8.88. The first-order valence-corrected chi connectivity index (χ1v) is 10.7. The van der Waals surface area contributed by atoms with E-state index in [0.29, 0.717) is 17.6 Å². The molecule has 2 aliphatic carbocycles. The molecule has 1 heterocycles. The molecule has 3 N–H and O–H groups in total. The fraction of sp³-hybridized carbons (Fsp3) is 0.500. The zero-order chi connectivity index (χ0) is 19.7. The van der Waals surface area contributed by atoms with E-state index in [9.17, 15) is 9.59 Å². The van der Waals surface area contributed by atoms with Crippen LogP contribution in [0.4, 0.5) is 5.69 Å². The highest BCUT2D eigenvalue weighted by Gasteiger charge is 2.31. The summed E-state index contributed by atoms with van der Waals surface area (Å²) in [4.78, 5) is 23.9. The van der Waals surface area contributed by atoms with Gasteiger partial charge in [0.1, 0.15) is 5.82 Å². The molecule has 2 aromatic rings. The van der Waals surface area contributed by atoms with Gasteiger partial charge in [0, 0.05) is 24.6 Å². The number of hydrogen-bond donors (Lipinski definition) is 2. The Morgan fingerprint density at radius 1 is 1.29 bits per heavy atom. The summed E-state index contributed by atoms with van der Waals surface area (Å²) in [6, 6.07) is 6.16. The fourth-order valence-electron chi connectivity index (χ4n) is 3.57. The summed E-state index contributed by atoms with van der Waals surface area (Å²) >= 11 is 1.37. The predicted molar refractivity (Wildman–Crippen MR) is 108 cm³/mol. The van der Waals surface area contributed by atoms with Crippen molar-refractivity contribution in [3.63, 3.8) is 0 Å². The zero-order valence-corrected chi connectivity index (χ0v) is 16.8. The molecule has 2 aliphatic rings. The van der Waals surface area contributed by atoms with Crippen LogP contribution in [0.25, 0.3) is 0 Å². The van der Waals surface area contributed by atoms with Crippen molar-refractivity contribution in [3.05, 3.63) is 35.2 Å². The van der Waals surface area contributed by atoms with Gasteiger partial charge >= 0.3 is 0 Å². The van der Waals surface area contributed by atoms with Gasteiger partial charge in [-0.05, 0) is 62.3 Å². The molecular formula is C20H25N5O2S. The molecule has 1 aromatic carbocycles. The molecule has 28 heavy (non-hydrogen) atoms. The minimum absolute atomic E-state index is 0.0691. The lowest BCUT2D eigenvalue weighted by molar-refractivity contribution is -0.118. The Balaban J connectivity index is 1.43. The van der Waals surface area contributed by atoms with E-state index in [1.165, 1.54) is 29.3 Å². The first kappa shape index (κ1) is 19.0. The molecule has 1 aromatic heterocycles. The van der Waals surface area contributed by atoms with E-state index >= 15 is 0 Å². The van der Waals surface area contributed by atoms with E-state index in [1.54, 1.807) is 0 Å². The van der Waals surface area contributed by atoms with Gasteiger partial charge in [0.25, 0.3) is 0 Å². The Bertz CT molecular complexity index is 906. The minimum Gasteiger partial charge on any atom is -0.370 e. The van der Waals surface area contributed by atoms with E-state index < -0.39 is 0 Å². The third kappa shape index (κ3) is 4.22. The largest absolute Gasteiger partial charge is 0.370 e. The molecule has 0 radical (unpaired) electrons. The summed E-state index contributed by atoms with van der Waals surface area (Å²) in [6.07, 6.45) is 5.81. The number of nitrogens with zero attached hydrogens (tertiary/aromatic N) is 3. The number of fused-ring (bicyclic) bond motifs is 1. The number of nitrogens with two attached hydrogens (primary N) is 1. The van der Waals surface area contributed by atoms with Crippen molar-refractivity contribution in [3.8, 4) is 0 Å². The van der Waals surface area contributed by atoms with Crippen molar-refractivity contribution < 1.29 is 9.59 Å². The third-order valence-corrected chi connectivity index (χ3v) is 6.37. The third-order valence-electron chi connectivity index (χ3n) is 5.29. The van der Waals surface area contributed by atoms with E-state index in [4.69, 9.17) is 5.73 Å². The standard InChI is InChI=1S/C20H25N5O2S/c1-12(19(27)22-16-8-7-13-3-2-4-15(13)11-16)28-20-24-23-18(14-5-6-14)25(20)10-9-17(21)26/h7-8,11-12,14H,2-6,9-10H2,1H3,(H2,21,26)(H,22,27). The maximum absolute atomic E-state index is 12.7. The first-order valence-electron chi connectivity index (χ1n) is 9.82. The summed E-state index contributed by atoms with van der Waals surface area (Å²) in [5, 5.41) is 11.9. The second kappa shape index (κ2) is 7.95. The Morgan fingerprint density at radius 3 is 2.82 bits per heavy atom. The van der Waals surface area contributed by atoms with E-state index in [0.717, 1.165) is 37.2 Å². The molecule has 8 heteroatoms. The number of rotatable bonds is 8. The first-order chi connectivity index (χ1) is 13.5. The number of primary amides is 1. The van der Waals surface area contributed by atoms with E-state index in [-0.39, 0.29) is 23.5 Å². The summed E-state index contributed by atoms with van der Waals surface area (Å²) in [7, 11) is 0. The Labute approximate surface area is 168 Å². The number of nitrogens with one attached hydrogen (secondary N) is 1. The molecule has 0 spiro atoms. The molecule has 1 saturated carbocycles. The fourth-order valence-corrected chi connectivity index (χ4v) is 4.45. The van der Waals surface area contributed by atoms with Gasteiger partial charge < -0.3 is 15.6 Å². The van der Waals surface area contributed by atoms with Crippen molar-refractivity contribution in [1.82, 2.24) is 14.8 Å². The van der Waals surface area contributed by atoms with Crippen LogP contribution in [0.5, 0.6) is 0 Å². The lowest BCUT2D eigenvalue weighted by Crippen LogP contribution is -2.23. The highest BCUT2D eigenvalue weighted by molar-refractivity contribution is 8.00. The van der Waals surface area contributed by atoms with Gasteiger partial charge in [0.05, 0.1) is 5.25 Å². The van der Waals surface area contributed by atoms with Crippen LogP contribution >= 0.6 is 11.8 Å². The van der Waals surface area contributed by atoms with Gasteiger partial charge in [-0.3, -0.25) is 9.59 Å². The van der Waals surface area contributed by atoms with Crippen LogP contribution in [0.2, 0.25) is 0 Å². The average molecular weight is 400 g/mol. The zero-order valence-electron chi connectivity index (χ0n) is 16.0. The number of amides is 2. The van der Waals surface area contributed by atoms with Crippen LogP contribution in [0.1, 0.15) is 55.5 Å². The number of aryl methyl sites for hydroxylation is 2. The van der Waals surface area contributed by atoms with E-state index in [2.05, 4.69) is 27.6 Å². The Hall–Kier alpha value is -2.35. The van der Waals surface area contributed by atoms with Crippen molar-refractivity contribution in [2.45, 2.75) is 68.3 Å². The number of anilines is 1. The van der Waals surface area contributed by atoms with Crippen LogP contribution in [0.15, 0.2) is 23.4 Å². The number of benzene rings is 1. The minimum atomic E-state index is -0.353. The summed E-state index contributed by atoms with van der Waals surface area (Å²) in [5.74, 6) is 0.884. The SMILES string of the molecule is CC(Sc1nnc(C2CC2)n1CCC(N)=O)C(=O)Nc1ccc2c(c1)CCC2. The molecule has 148 valence electrons. The monoisotopic (exact) mass is 399 g/mol. The second-order valence-electron chi connectivity index (χ2n) is 7.57. The molecular weight excluding hydrogens is 374 g/mol.